The number of hydrogen-bond acceptors (Lipinski definition) is 6. The highest BCUT2D eigenvalue weighted by Crippen LogP contribution is 2.25. The van der Waals surface area contributed by atoms with Crippen molar-refractivity contribution in [1.82, 2.24) is 0 Å². The molecule has 2 aromatic rings. The molecule has 0 spiro atoms. The van der Waals surface area contributed by atoms with Gasteiger partial charge in [0.2, 0.25) is 0 Å². The van der Waals surface area contributed by atoms with Crippen molar-refractivity contribution in [1.29, 1.82) is 0 Å². The van der Waals surface area contributed by atoms with Crippen molar-refractivity contribution < 1.29 is 19.2 Å². The van der Waals surface area contributed by atoms with Gasteiger partial charge < -0.3 is 10.1 Å². The fraction of sp³-hybridized carbons (Fsp3) is 0.143. The molecule has 0 fully saturated rings. The summed E-state index contributed by atoms with van der Waals surface area (Å²) in [5, 5.41) is 15.3. The number of carbonyl (C=O) groups excluding carboxylic acids is 2. The van der Waals surface area contributed by atoms with E-state index in [4.69, 9.17) is 4.74 Å². The Labute approximate surface area is 129 Å². The van der Waals surface area contributed by atoms with Crippen molar-refractivity contribution in [2.45, 2.75) is 6.92 Å². The van der Waals surface area contributed by atoms with Crippen molar-refractivity contribution in [2.75, 3.05) is 11.9 Å². The van der Waals surface area contributed by atoms with Crippen LogP contribution in [0.4, 0.5) is 10.7 Å². The predicted molar refractivity (Wildman–Crippen MR) is 81.3 cm³/mol. The summed E-state index contributed by atoms with van der Waals surface area (Å²) in [6.07, 6.45) is 0. The molecule has 0 unspecified atom stereocenters. The van der Waals surface area contributed by atoms with Crippen molar-refractivity contribution >= 4 is 33.9 Å². The molecule has 1 heterocycles. The molecule has 0 aliphatic carbocycles. The number of ether oxygens (including phenoxy) is 1. The first-order chi connectivity index (χ1) is 10.5. The summed E-state index contributed by atoms with van der Waals surface area (Å²) in [4.78, 5) is 34.0. The molecular weight excluding hydrogens is 308 g/mol. The second-order valence-electron chi connectivity index (χ2n) is 4.15. The lowest BCUT2D eigenvalue weighted by atomic mass is 10.2. The maximum atomic E-state index is 12.1. The molecule has 0 aliphatic rings. The van der Waals surface area contributed by atoms with Gasteiger partial charge in [-0.25, -0.2) is 4.79 Å². The number of nitrogens with zero attached hydrogens (tertiary/aromatic N) is 1. The van der Waals surface area contributed by atoms with Gasteiger partial charge in [-0.3, -0.25) is 14.9 Å². The fourth-order valence-corrected chi connectivity index (χ4v) is 2.48. The summed E-state index contributed by atoms with van der Waals surface area (Å²) < 4.78 is 4.89. The Balaban J connectivity index is 2.19. The monoisotopic (exact) mass is 320 g/mol. The van der Waals surface area contributed by atoms with E-state index in [1.807, 2.05) is 0 Å². The van der Waals surface area contributed by atoms with E-state index < -0.39 is 16.8 Å². The van der Waals surface area contributed by atoms with Crippen molar-refractivity contribution in [3.8, 4) is 0 Å². The lowest BCUT2D eigenvalue weighted by Gasteiger charge is -2.06. The highest BCUT2D eigenvalue weighted by atomic mass is 32.1. The Bertz CT molecular complexity index is 726. The summed E-state index contributed by atoms with van der Waals surface area (Å²) in [5.41, 5.74) is 0.215. The Morgan fingerprint density at radius 2 is 2.14 bits per heavy atom. The molecule has 7 nitrogen and oxygen atoms in total. The zero-order valence-electron chi connectivity index (χ0n) is 11.6. The van der Waals surface area contributed by atoms with Gasteiger partial charge in [0, 0.05) is 17.7 Å². The zero-order valence-corrected chi connectivity index (χ0v) is 12.4. The maximum Gasteiger partial charge on any atom is 0.341 e. The first kappa shape index (κ1) is 15.6. The third kappa shape index (κ3) is 3.47. The minimum atomic E-state index is -0.577. The van der Waals surface area contributed by atoms with Crippen molar-refractivity contribution in [3.05, 3.63) is 57.0 Å². The average molecular weight is 320 g/mol. The Kier molecular flexibility index (Phi) is 4.84. The minimum Gasteiger partial charge on any atom is -0.462 e. The molecule has 1 aromatic carbocycles. The second kappa shape index (κ2) is 6.81. The largest absolute Gasteiger partial charge is 0.462 e. The number of thiophene rings is 1. The number of nitrogens with one attached hydrogen (secondary N) is 1. The van der Waals surface area contributed by atoms with E-state index in [0.717, 1.165) is 0 Å². The third-order valence-electron chi connectivity index (χ3n) is 2.71. The summed E-state index contributed by atoms with van der Waals surface area (Å²) in [6.45, 7) is 1.92. The minimum absolute atomic E-state index is 0.136. The van der Waals surface area contributed by atoms with Gasteiger partial charge in [-0.2, -0.15) is 0 Å². The molecule has 0 atom stereocenters. The van der Waals surface area contributed by atoms with Gasteiger partial charge >= 0.3 is 5.97 Å². The van der Waals surface area contributed by atoms with Crippen molar-refractivity contribution in [2.24, 2.45) is 0 Å². The van der Waals surface area contributed by atoms with Gasteiger partial charge in [0.25, 0.3) is 11.6 Å². The molecule has 8 heteroatoms. The molecule has 22 heavy (non-hydrogen) atoms. The van der Waals surface area contributed by atoms with Crippen LogP contribution in [0.3, 0.4) is 0 Å². The van der Waals surface area contributed by atoms with E-state index in [9.17, 15) is 19.7 Å². The van der Waals surface area contributed by atoms with Crippen molar-refractivity contribution in [3.63, 3.8) is 0 Å². The Morgan fingerprint density at radius 1 is 1.36 bits per heavy atom. The standard InChI is InChI=1S/C14H12N2O5S/c1-2-21-14(18)11-6-7-22-13(11)15-12(17)9-4-3-5-10(8-9)16(19)20/h3-8H,2H2,1H3,(H,15,17). The lowest BCUT2D eigenvalue weighted by molar-refractivity contribution is -0.384. The number of esters is 1. The second-order valence-corrected chi connectivity index (χ2v) is 5.06. The number of benzene rings is 1. The van der Waals surface area contributed by atoms with E-state index in [-0.39, 0.29) is 23.4 Å². The predicted octanol–water partition coefficient (Wildman–Crippen LogP) is 3.09. The van der Waals surface area contributed by atoms with Crippen LogP contribution in [0, 0.1) is 10.1 Å². The van der Waals surface area contributed by atoms with Gasteiger partial charge in [0.05, 0.1) is 17.1 Å². The molecule has 1 amide bonds. The van der Waals surface area contributed by atoms with Gasteiger partial charge in [0.1, 0.15) is 5.00 Å². The molecule has 1 aromatic heterocycles. The Morgan fingerprint density at radius 3 is 2.82 bits per heavy atom. The van der Waals surface area contributed by atoms with Crippen LogP contribution in [0.1, 0.15) is 27.6 Å². The quantitative estimate of drug-likeness (QED) is 0.518. The van der Waals surface area contributed by atoms with Gasteiger partial charge in [-0.15, -0.1) is 11.3 Å². The highest BCUT2D eigenvalue weighted by Gasteiger charge is 2.18. The van der Waals surface area contributed by atoms with Gasteiger partial charge in [0.15, 0.2) is 0 Å². The number of rotatable bonds is 5. The molecule has 0 saturated carbocycles. The first-order valence-corrected chi connectivity index (χ1v) is 7.21. The molecule has 0 radical (unpaired) electrons. The number of carbonyl (C=O) groups is 2. The van der Waals surface area contributed by atoms with E-state index >= 15 is 0 Å². The van der Waals surface area contributed by atoms with E-state index in [1.54, 1.807) is 18.4 Å². The number of non-ortho nitro benzene ring substituents is 1. The van der Waals surface area contributed by atoms with Crippen LogP contribution in [-0.2, 0) is 4.74 Å². The molecule has 114 valence electrons. The van der Waals surface area contributed by atoms with Gasteiger partial charge in [-0.1, -0.05) is 6.07 Å². The van der Waals surface area contributed by atoms with Gasteiger partial charge in [-0.05, 0) is 24.4 Å². The Hall–Kier alpha value is -2.74. The van der Waals surface area contributed by atoms with Crippen LogP contribution in [0.2, 0.25) is 0 Å². The first-order valence-electron chi connectivity index (χ1n) is 6.33. The summed E-state index contributed by atoms with van der Waals surface area (Å²) in [5.74, 6) is -1.06. The van der Waals surface area contributed by atoms with E-state index in [0.29, 0.717) is 5.00 Å². The number of amides is 1. The molecule has 2 rings (SSSR count). The maximum absolute atomic E-state index is 12.1. The fourth-order valence-electron chi connectivity index (χ4n) is 1.71. The van der Waals surface area contributed by atoms with Crippen LogP contribution in [0.5, 0.6) is 0 Å². The molecule has 0 bridgehead atoms. The molecule has 0 saturated heterocycles. The average Bonchev–Trinajstić information content (AvgIpc) is 2.95. The summed E-state index contributed by atoms with van der Waals surface area (Å²) >= 11 is 1.17. The van der Waals surface area contributed by atoms with Crippen LogP contribution in [0.15, 0.2) is 35.7 Å². The number of nitro groups is 1. The molecule has 0 aliphatic heterocycles. The highest BCUT2D eigenvalue weighted by molar-refractivity contribution is 7.14. The smallest absolute Gasteiger partial charge is 0.341 e. The van der Waals surface area contributed by atoms with Crippen LogP contribution < -0.4 is 5.32 Å². The molecule has 1 N–H and O–H groups in total. The topological polar surface area (TPSA) is 98.5 Å². The lowest BCUT2D eigenvalue weighted by Crippen LogP contribution is -2.14. The summed E-state index contributed by atoms with van der Waals surface area (Å²) in [6, 6.07) is 6.90. The van der Waals surface area contributed by atoms with Crippen LogP contribution >= 0.6 is 11.3 Å². The summed E-state index contributed by atoms with van der Waals surface area (Å²) in [7, 11) is 0. The van der Waals surface area contributed by atoms with E-state index in [1.165, 1.54) is 35.6 Å². The van der Waals surface area contributed by atoms with Crippen LogP contribution in [-0.4, -0.2) is 23.4 Å². The number of anilines is 1. The number of hydrogen-bond donors (Lipinski definition) is 1. The van der Waals surface area contributed by atoms with E-state index in [2.05, 4.69) is 5.32 Å². The van der Waals surface area contributed by atoms with Crippen LogP contribution in [0.25, 0.3) is 0 Å². The number of nitro benzene ring substituents is 1. The third-order valence-corrected chi connectivity index (χ3v) is 3.54. The SMILES string of the molecule is CCOC(=O)c1ccsc1NC(=O)c1cccc([N+](=O)[O-])c1. The molecular formula is C14H12N2O5S. The normalized spacial score (nSPS) is 10.0. The zero-order chi connectivity index (χ0) is 16.1.